The highest BCUT2D eigenvalue weighted by atomic mass is 32.2. The number of nitrogens with two attached hydrogens (primary N) is 1. The van der Waals surface area contributed by atoms with Crippen LogP contribution in [-0.4, -0.2) is 65.6 Å². The minimum atomic E-state index is 0.332. The summed E-state index contributed by atoms with van der Waals surface area (Å²) in [6.07, 6.45) is 5.56. The van der Waals surface area contributed by atoms with Gasteiger partial charge in [0, 0.05) is 50.1 Å². The second-order valence-electron chi connectivity index (χ2n) is 5.84. The first kappa shape index (κ1) is 12.3. The van der Waals surface area contributed by atoms with Gasteiger partial charge in [-0.3, -0.25) is 9.80 Å². The normalized spacial score (nSPS) is 37.2. The summed E-state index contributed by atoms with van der Waals surface area (Å²) in [5.41, 5.74) is 6.44. The molecular formula is C13H25N3S. The number of rotatable bonds is 3. The zero-order valence-electron chi connectivity index (χ0n) is 10.7. The van der Waals surface area contributed by atoms with Gasteiger partial charge in [0.1, 0.15) is 0 Å². The van der Waals surface area contributed by atoms with Gasteiger partial charge in [0.25, 0.3) is 0 Å². The monoisotopic (exact) mass is 255 g/mol. The van der Waals surface area contributed by atoms with Crippen LogP contribution in [0.1, 0.15) is 25.7 Å². The van der Waals surface area contributed by atoms with Crippen molar-refractivity contribution in [1.82, 2.24) is 9.80 Å². The minimum absolute atomic E-state index is 0.332. The Bertz CT molecular complexity index is 253. The highest BCUT2D eigenvalue weighted by Crippen LogP contribution is 2.34. The van der Waals surface area contributed by atoms with Gasteiger partial charge in [-0.2, -0.15) is 11.8 Å². The Morgan fingerprint density at radius 3 is 2.47 bits per heavy atom. The van der Waals surface area contributed by atoms with Crippen molar-refractivity contribution in [3.63, 3.8) is 0 Å². The first-order valence-corrected chi connectivity index (χ1v) is 8.26. The van der Waals surface area contributed by atoms with Crippen LogP contribution in [-0.2, 0) is 0 Å². The van der Waals surface area contributed by atoms with Crippen molar-refractivity contribution in [3.05, 3.63) is 0 Å². The predicted octanol–water partition coefficient (Wildman–Crippen LogP) is 0.991. The van der Waals surface area contributed by atoms with E-state index < -0.39 is 0 Å². The van der Waals surface area contributed by atoms with Crippen LogP contribution < -0.4 is 5.73 Å². The van der Waals surface area contributed by atoms with E-state index in [1.165, 1.54) is 63.4 Å². The molecule has 1 atom stereocenters. The summed E-state index contributed by atoms with van der Waals surface area (Å²) >= 11 is 2.10. The van der Waals surface area contributed by atoms with E-state index in [4.69, 9.17) is 5.73 Å². The van der Waals surface area contributed by atoms with Gasteiger partial charge in [0.15, 0.2) is 0 Å². The van der Waals surface area contributed by atoms with E-state index >= 15 is 0 Å². The van der Waals surface area contributed by atoms with Crippen molar-refractivity contribution >= 4 is 11.8 Å². The number of piperazine rings is 1. The number of thioether (sulfide) groups is 1. The Labute approximate surface area is 109 Å². The summed E-state index contributed by atoms with van der Waals surface area (Å²) in [4.78, 5) is 5.40. The Balaban J connectivity index is 1.59. The molecule has 2 aliphatic heterocycles. The van der Waals surface area contributed by atoms with Crippen LogP contribution >= 0.6 is 11.8 Å². The predicted molar refractivity (Wildman–Crippen MR) is 74.5 cm³/mol. The summed E-state index contributed by atoms with van der Waals surface area (Å²) in [6, 6.07) is 0.937. The molecule has 0 radical (unpaired) electrons. The standard InChI is InChI=1S/C13H25N3S/c14-10-13(4-1-9-17-11-13)16-7-5-15(6-8-16)12-2-3-12/h12H,1-11,14H2. The van der Waals surface area contributed by atoms with Crippen LogP contribution in [0.25, 0.3) is 0 Å². The maximum absolute atomic E-state index is 6.11. The molecule has 3 aliphatic rings. The number of hydrogen-bond acceptors (Lipinski definition) is 4. The molecule has 0 aromatic rings. The molecule has 0 bridgehead atoms. The zero-order valence-corrected chi connectivity index (χ0v) is 11.6. The molecule has 2 saturated heterocycles. The Morgan fingerprint density at radius 1 is 1.18 bits per heavy atom. The molecule has 3 nitrogen and oxygen atoms in total. The van der Waals surface area contributed by atoms with Crippen molar-refractivity contribution in [1.29, 1.82) is 0 Å². The first-order valence-electron chi connectivity index (χ1n) is 7.11. The molecule has 1 aliphatic carbocycles. The molecule has 0 aromatic carbocycles. The third-order valence-corrected chi connectivity index (χ3v) is 6.05. The van der Waals surface area contributed by atoms with Crippen LogP contribution in [0, 0.1) is 0 Å². The van der Waals surface area contributed by atoms with Gasteiger partial charge < -0.3 is 5.73 Å². The summed E-state index contributed by atoms with van der Waals surface area (Å²) in [7, 11) is 0. The lowest BCUT2D eigenvalue weighted by Gasteiger charge is -2.49. The van der Waals surface area contributed by atoms with E-state index in [2.05, 4.69) is 21.6 Å². The van der Waals surface area contributed by atoms with Crippen LogP contribution in [0.2, 0.25) is 0 Å². The lowest BCUT2D eigenvalue weighted by atomic mass is 9.92. The quantitative estimate of drug-likeness (QED) is 0.815. The van der Waals surface area contributed by atoms with Crippen molar-refractivity contribution < 1.29 is 0 Å². The Morgan fingerprint density at radius 2 is 1.94 bits per heavy atom. The molecule has 0 aromatic heterocycles. The maximum Gasteiger partial charge on any atom is 0.0423 e. The Kier molecular flexibility index (Phi) is 3.67. The van der Waals surface area contributed by atoms with E-state index in [1.807, 2.05) is 0 Å². The third kappa shape index (κ3) is 2.50. The fraction of sp³-hybridized carbons (Fsp3) is 1.00. The van der Waals surface area contributed by atoms with E-state index in [1.54, 1.807) is 0 Å². The third-order valence-electron chi connectivity index (χ3n) is 4.73. The molecular weight excluding hydrogens is 230 g/mol. The molecule has 3 fully saturated rings. The van der Waals surface area contributed by atoms with Crippen molar-refractivity contribution in [3.8, 4) is 0 Å². The van der Waals surface area contributed by atoms with E-state index in [-0.39, 0.29) is 0 Å². The average Bonchev–Trinajstić information content (AvgIpc) is 3.24. The fourth-order valence-corrected chi connectivity index (χ4v) is 4.70. The lowest BCUT2D eigenvalue weighted by Crippen LogP contribution is -2.62. The summed E-state index contributed by atoms with van der Waals surface area (Å²) in [5, 5.41) is 0. The number of nitrogens with zero attached hydrogens (tertiary/aromatic N) is 2. The maximum atomic E-state index is 6.11. The smallest absolute Gasteiger partial charge is 0.0423 e. The molecule has 98 valence electrons. The van der Waals surface area contributed by atoms with Gasteiger partial charge in [-0.1, -0.05) is 0 Å². The van der Waals surface area contributed by atoms with Crippen molar-refractivity contribution in [2.75, 3.05) is 44.2 Å². The number of hydrogen-bond donors (Lipinski definition) is 1. The van der Waals surface area contributed by atoms with Crippen LogP contribution in [0.4, 0.5) is 0 Å². The van der Waals surface area contributed by atoms with Crippen LogP contribution in [0.5, 0.6) is 0 Å². The van der Waals surface area contributed by atoms with E-state index in [9.17, 15) is 0 Å². The molecule has 0 spiro atoms. The fourth-order valence-electron chi connectivity index (χ4n) is 3.38. The van der Waals surface area contributed by atoms with Gasteiger partial charge >= 0.3 is 0 Å². The lowest BCUT2D eigenvalue weighted by molar-refractivity contribution is 0.0395. The largest absolute Gasteiger partial charge is 0.329 e. The van der Waals surface area contributed by atoms with Gasteiger partial charge in [-0.15, -0.1) is 0 Å². The highest BCUT2D eigenvalue weighted by molar-refractivity contribution is 7.99. The molecule has 1 unspecified atom stereocenters. The molecule has 0 amide bonds. The zero-order chi connectivity index (χ0) is 11.7. The summed E-state index contributed by atoms with van der Waals surface area (Å²) in [6.45, 7) is 5.89. The SMILES string of the molecule is NCC1(N2CCN(C3CC3)CC2)CCCSC1. The molecule has 4 heteroatoms. The minimum Gasteiger partial charge on any atom is -0.329 e. The van der Waals surface area contributed by atoms with Crippen LogP contribution in [0.3, 0.4) is 0 Å². The second-order valence-corrected chi connectivity index (χ2v) is 6.94. The first-order chi connectivity index (χ1) is 8.34. The average molecular weight is 255 g/mol. The van der Waals surface area contributed by atoms with Crippen molar-refractivity contribution in [2.45, 2.75) is 37.3 Å². The van der Waals surface area contributed by atoms with E-state index in [0.29, 0.717) is 5.54 Å². The van der Waals surface area contributed by atoms with Crippen LogP contribution in [0.15, 0.2) is 0 Å². The molecule has 2 N–H and O–H groups in total. The molecule has 3 rings (SSSR count). The van der Waals surface area contributed by atoms with Gasteiger partial charge in [-0.05, 0) is 31.4 Å². The highest BCUT2D eigenvalue weighted by Gasteiger charge is 2.40. The van der Waals surface area contributed by atoms with Gasteiger partial charge in [-0.25, -0.2) is 0 Å². The summed E-state index contributed by atoms with van der Waals surface area (Å²) < 4.78 is 0. The Hall–Kier alpha value is 0.230. The summed E-state index contributed by atoms with van der Waals surface area (Å²) in [5.74, 6) is 2.59. The van der Waals surface area contributed by atoms with Gasteiger partial charge in [0.05, 0.1) is 0 Å². The topological polar surface area (TPSA) is 32.5 Å². The van der Waals surface area contributed by atoms with Gasteiger partial charge in [0.2, 0.25) is 0 Å². The van der Waals surface area contributed by atoms with E-state index in [0.717, 1.165) is 12.6 Å². The second kappa shape index (κ2) is 5.08. The molecule has 1 saturated carbocycles. The molecule has 17 heavy (non-hydrogen) atoms. The van der Waals surface area contributed by atoms with Crippen molar-refractivity contribution in [2.24, 2.45) is 5.73 Å². The molecule has 2 heterocycles.